The Labute approximate surface area is 118 Å². The molecule has 20 heavy (non-hydrogen) atoms. The Morgan fingerprint density at radius 3 is 2.95 bits per heavy atom. The van der Waals surface area contributed by atoms with E-state index in [0.29, 0.717) is 6.54 Å². The van der Waals surface area contributed by atoms with E-state index >= 15 is 0 Å². The number of halogens is 1. The summed E-state index contributed by atoms with van der Waals surface area (Å²) in [5.41, 5.74) is 0.541. The first-order chi connectivity index (χ1) is 9.60. The monoisotopic (exact) mass is 281 g/mol. The van der Waals surface area contributed by atoms with Crippen molar-refractivity contribution in [1.82, 2.24) is 4.90 Å². The summed E-state index contributed by atoms with van der Waals surface area (Å²) in [5, 5.41) is 8.94. The van der Waals surface area contributed by atoms with Crippen molar-refractivity contribution in [2.75, 3.05) is 19.7 Å². The summed E-state index contributed by atoms with van der Waals surface area (Å²) in [4.78, 5) is 13.1. The van der Waals surface area contributed by atoms with E-state index in [2.05, 4.69) is 11.8 Å². The number of ether oxygens (including phenoxy) is 1. The molecule has 1 aromatic rings. The fourth-order valence-electron chi connectivity index (χ4n) is 2.47. The van der Waals surface area contributed by atoms with Gasteiger partial charge in [0.2, 0.25) is 0 Å². The van der Waals surface area contributed by atoms with Crippen LogP contribution in [0.3, 0.4) is 0 Å². The number of hydrogen-bond acceptors (Lipinski definition) is 3. The molecule has 1 aliphatic heterocycles. The fraction of sp³-hybridized carbons (Fsp3) is 0.533. The Morgan fingerprint density at radius 1 is 1.55 bits per heavy atom. The van der Waals surface area contributed by atoms with Crippen LogP contribution in [0.2, 0.25) is 0 Å². The van der Waals surface area contributed by atoms with Crippen LogP contribution in [-0.2, 0) is 11.3 Å². The summed E-state index contributed by atoms with van der Waals surface area (Å²) in [5.74, 6) is -1.92. The summed E-state index contributed by atoms with van der Waals surface area (Å²) in [6, 6.07) is 4.27. The maximum Gasteiger partial charge on any atom is 0.338 e. The van der Waals surface area contributed by atoms with Crippen LogP contribution in [0.25, 0.3) is 0 Å². The highest BCUT2D eigenvalue weighted by atomic mass is 19.1. The van der Waals surface area contributed by atoms with Crippen molar-refractivity contribution in [2.45, 2.75) is 32.4 Å². The van der Waals surface area contributed by atoms with Crippen LogP contribution in [-0.4, -0.2) is 41.8 Å². The molecule has 1 saturated heterocycles. The molecule has 0 saturated carbocycles. The normalized spacial score (nSPS) is 18.6. The average Bonchev–Trinajstić information content (AvgIpc) is 2.92. The summed E-state index contributed by atoms with van der Waals surface area (Å²) >= 11 is 0. The van der Waals surface area contributed by atoms with Crippen molar-refractivity contribution >= 4 is 5.97 Å². The molecule has 1 heterocycles. The minimum atomic E-state index is -1.23. The molecule has 1 N–H and O–H groups in total. The molecule has 0 aliphatic carbocycles. The number of nitrogens with zero attached hydrogens (tertiary/aromatic N) is 1. The van der Waals surface area contributed by atoms with Crippen molar-refractivity contribution in [3.63, 3.8) is 0 Å². The van der Waals surface area contributed by atoms with Crippen LogP contribution in [0, 0.1) is 5.82 Å². The minimum absolute atomic E-state index is 0.259. The minimum Gasteiger partial charge on any atom is -0.478 e. The van der Waals surface area contributed by atoms with Crippen molar-refractivity contribution < 1.29 is 19.0 Å². The van der Waals surface area contributed by atoms with Crippen molar-refractivity contribution in [3.8, 4) is 0 Å². The van der Waals surface area contributed by atoms with Crippen LogP contribution in [0.4, 0.5) is 4.39 Å². The van der Waals surface area contributed by atoms with Crippen molar-refractivity contribution in [2.24, 2.45) is 0 Å². The van der Waals surface area contributed by atoms with E-state index in [-0.39, 0.29) is 11.7 Å². The van der Waals surface area contributed by atoms with Gasteiger partial charge in [0.15, 0.2) is 0 Å². The third kappa shape index (κ3) is 3.77. The Morgan fingerprint density at radius 2 is 2.35 bits per heavy atom. The second-order valence-corrected chi connectivity index (χ2v) is 5.08. The number of likely N-dealkylation sites (N-methyl/N-ethyl adjacent to an activating group) is 1. The molecular formula is C15H20FNO3. The predicted octanol–water partition coefficient (Wildman–Crippen LogP) is 2.52. The maximum atomic E-state index is 13.4. The van der Waals surface area contributed by atoms with E-state index in [4.69, 9.17) is 9.84 Å². The molecule has 5 heteroatoms. The second kappa shape index (κ2) is 6.81. The largest absolute Gasteiger partial charge is 0.478 e. The van der Waals surface area contributed by atoms with Crippen LogP contribution < -0.4 is 0 Å². The number of hydrogen-bond donors (Lipinski definition) is 1. The number of carboxylic acids is 1. The van der Waals surface area contributed by atoms with Gasteiger partial charge in [-0.3, -0.25) is 4.90 Å². The van der Waals surface area contributed by atoms with Crippen molar-refractivity contribution in [1.29, 1.82) is 0 Å². The molecule has 1 unspecified atom stereocenters. The van der Waals surface area contributed by atoms with Gasteiger partial charge >= 0.3 is 5.97 Å². The topological polar surface area (TPSA) is 49.8 Å². The smallest absolute Gasteiger partial charge is 0.338 e. The van der Waals surface area contributed by atoms with Gasteiger partial charge in [-0.15, -0.1) is 0 Å². The Bertz CT molecular complexity index is 472. The molecule has 1 atom stereocenters. The van der Waals surface area contributed by atoms with Crippen LogP contribution >= 0.6 is 0 Å². The summed E-state index contributed by atoms with van der Waals surface area (Å²) in [6.07, 6.45) is 2.43. The van der Waals surface area contributed by atoms with E-state index in [1.165, 1.54) is 12.1 Å². The van der Waals surface area contributed by atoms with Gasteiger partial charge < -0.3 is 9.84 Å². The quantitative estimate of drug-likeness (QED) is 0.870. The molecule has 0 bridgehead atoms. The van der Waals surface area contributed by atoms with E-state index in [0.717, 1.165) is 38.1 Å². The number of carbonyl (C=O) groups is 1. The molecule has 110 valence electrons. The van der Waals surface area contributed by atoms with Gasteiger partial charge in [-0.2, -0.15) is 0 Å². The fourth-order valence-corrected chi connectivity index (χ4v) is 2.47. The number of rotatable bonds is 6. The summed E-state index contributed by atoms with van der Waals surface area (Å²) in [7, 11) is 0. The van der Waals surface area contributed by atoms with E-state index in [1.54, 1.807) is 6.07 Å². The predicted molar refractivity (Wildman–Crippen MR) is 73.3 cm³/mol. The zero-order chi connectivity index (χ0) is 14.5. The molecule has 0 aromatic heterocycles. The lowest BCUT2D eigenvalue weighted by Gasteiger charge is -2.23. The molecule has 0 amide bonds. The van der Waals surface area contributed by atoms with Gasteiger partial charge in [-0.25, -0.2) is 9.18 Å². The molecule has 0 radical (unpaired) electrons. The van der Waals surface area contributed by atoms with E-state index in [1.807, 2.05) is 0 Å². The van der Waals surface area contributed by atoms with Gasteiger partial charge in [-0.1, -0.05) is 13.0 Å². The van der Waals surface area contributed by atoms with Crippen LogP contribution in [0.1, 0.15) is 35.7 Å². The lowest BCUT2D eigenvalue weighted by Crippen LogP contribution is -2.31. The third-order valence-electron chi connectivity index (χ3n) is 3.60. The zero-order valence-corrected chi connectivity index (χ0v) is 11.6. The average molecular weight is 281 g/mol. The number of aromatic carboxylic acids is 1. The Balaban J connectivity index is 2.03. The van der Waals surface area contributed by atoms with Crippen LogP contribution in [0.5, 0.6) is 0 Å². The first-order valence-corrected chi connectivity index (χ1v) is 6.95. The zero-order valence-electron chi connectivity index (χ0n) is 11.6. The van der Waals surface area contributed by atoms with Gasteiger partial charge in [0.25, 0.3) is 0 Å². The van der Waals surface area contributed by atoms with E-state index in [9.17, 15) is 9.18 Å². The standard InChI is InChI=1S/C15H20FNO3/c1-2-17(10-12-4-3-7-20-12)9-11-5-6-14(16)13(8-11)15(18)19/h5-6,8,12H,2-4,7,9-10H2,1H3,(H,18,19). The Hall–Kier alpha value is -1.46. The molecule has 4 nitrogen and oxygen atoms in total. The number of carboxylic acid groups (broad SMARTS) is 1. The molecule has 1 aliphatic rings. The lowest BCUT2D eigenvalue weighted by atomic mass is 10.1. The molecule has 1 fully saturated rings. The summed E-state index contributed by atoms with van der Waals surface area (Å²) < 4.78 is 19.0. The van der Waals surface area contributed by atoms with Crippen LogP contribution in [0.15, 0.2) is 18.2 Å². The van der Waals surface area contributed by atoms with Crippen molar-refractivity contribution in [3.05, 3.63) is 35.1 Å². The second-order valence-electron chi connectivity index (χ2n) is 5.08. The highest BCUT2D eigenvalue weighted by Crippen LogP contribution is 2.16. The highest BCUT2D eigenvalue weighted by molar-refractivity contribution is 5.88. The number of benzene rings is 1. The SMILES string of the molecule is CCN(Cc1ccc(F)c(C(=O)O)c1)CC1CCCO1. The highest BCUT2D eigenvalue weighted by Gasteiger charge is 2.19. The molecule has 0 spiro atoms. The van der Waals surface area contributed by atoms with Gasteiger partial charge in [0, 0.05) is 19.7 Å². The third-order valence-corrected chi connectivity index (χ3v) is 3.60. The van der Waals surface area contributed by atoms with Gasteiger partial charge in [0.05, 0.1) is 11.7 Å². The summed E-state index contributed by atoms with van der Waals surface area (Å²) in [6.45, 7) is 5.16. The van der Waals surface area contributed by atoms with Gasteiger partial charge in [0.1, 0.15) is 5.82 Å². The Kier molecular flexibility index (Phi) is 5.09. The first-order valence-electron chi connectivity index (χ1n) is 6.95. The molecular weight excluding hydrogens is 261 g/mol. The van der Waals surface area contributed by atoms with Gasteiger partial charge in [-0.05, 0) is 37.1 Å². The lowest BCUT2D eigenvalue weighted by molar-refractivity contribution is 0.0688. The van der Waals surface area contributed by atoms with E-state index < -0.39 is 11.8 Å². The first kappa shape index (κ1) is 14.9. The molecule has 1 aromatic carbocycles. The molecule has 2 rings (SSSR count). The maximum absolute atomic E-state index is 13.4.